The first-order valence-electron chi connectivity index (χ1n) is 6.49. The van der Waals surface area contributed by atoms with E-state index in [1.54, 1.807) is 30.7 Å². The summed E-state index contributed by atoms with van der Waals surface area (Å²) in [6.07, 6.45) is 0. The Balaban J connectivity index is 2.32. The third kappa shape index (κ3) is 3.19. The van der Waals surface area contributed by atoms with Crippen LogP contribution >= 0.6 is 0 Å². The highest BCUT2D eigenvalue weighted by Crippen LogP contribution is 2.20. The molecule has 0 saturated carbocycles. The standard InChI is InChI=1S/C14H17N3O4/c1-9-16-11-5-3-4-10(14(19)20)13(11)17(9)8-12(18)15-6-7-21-2/h3-5H,6-8H2,1-2H3,(H,15,18)(H,19,20). The first kappa shape index (κ1) is 15.0. The smallest absolute Gasteiger partial charge is 0.337 e. The number of carbonyl (C=O) groups excluding carboxylic acids is 1. The van der Waals surface area contributed by atoms with E-state index in [4.69, 9.17) is 4.74 Å². The molecule has 2 aromatic rings. The third-order valence-corrected chi connectivity index (χ3v) is 3.12. The number of amides is 1. The van der Waals surface area contributed by atoms with Crippen LogP contribution in [0.2, 0.25) is 0 Å². The van der Waals surface area contributed by atoms with Crippen LogP contribution in [0.25, 0.3) is 11.0 Å². The number of rotatable bonds is 6. The monoisotopic (exact) mass is 291 g/mol. The number of para-hydroxylation sites is 1. The Morgan fingerprint density at radius 2 is 2.19 bits per heavy atom. The molecule has 1 heterocycles. The zero-order chi connectivity index (χ0) is 15.4. The molecule has 0 spiro atoms. The highest BCUT2D eigenvalue weighted by molar-refractivity contribution is 6.01. The minimum Gasteiger partial charge on any atom is -0.478 e. The van der Waals surface area contributed by atoms with Gasteiger partial charge in [-0.1, -0.05) is 6.07 Å². The maximum absolute atomic E-state index is 11.9. The molecule has 0 radical (unpaired) electrons. The van der Waals surface area contributed by atoms with Crippen LogP contribution in [-0.4, -0.2) is 46.8 Å². The van der Waals surface area contributed by atoms with Crippen LogP contribution in [0.5, 0.6) is 0 Å². The van der Waals surface area contributed by atoms with Gasteiger partial charge < -0.3 is 19.7 Å². The molecule has 0 atom stereocenters. The fourth-order valence-corrected chi connectivity index (χ4v) is 2.16. The molecule has 0 unspecified atom stereocenters. The number of hydrogen-bond acceptors (Lipinski definition) is 4. The van der Waals surface area contributed by atoms with Crippen LogP contribution < -0.4 is 5.32 Å². The average Bonchev–Trinajstić information content (AvgIpc) is 2.75. The van der Waals surface area contributed by atoms with Crippen molar-refractivity contribution in [2.75, 3.05) is 20.3 Å². The molecular weight excluding hydrogens is 274 g/mol. The Bertz CT molecular complexity index is 678. The highest BCUT2D eigenvalue weighted by Gasteiger charge is 2.17. The van der Waals surface area contributed by atoms with Crippen molar-refractivity contribution in [3.63, 3.8) is 0 Å². The normalized spacial score (nSPS) is 10.8. The van der Waals surface area contributed by atoms with Crippen LogP contribution in [0, 0.1) is 6.92 Å². The first-order valence-corrected chi connectivity index (χ1v) is 6.49. The number of benzene rings is 1. The Labute approximate surface area is 121 Å². The molecule has 7 nitrogen and oxygen atoms in total. The second kappa shape index (κ2) is 6.36. The van der Waals surface area contributed by atoms with Gasteiger partial charge in [0.05, 0.1) is 23.2 Å². The number of aryl methyl sites for hydroxylation is 1. The number of carbonyl (C=O) groups is 2. The van der Waals surface area contributed by atoms with E-state index in [1.165, 1.54) is 6.07 Å². The van der Waals surface area contributed by atoms with E-state index < -0.39 is 5.97 Å². The molecule has 1 amide bonds. The molecule has 0 bridgehead atoms. The molecule has 0 aliphatic rings. The molecule has 0 aliphatic carbocycles. The van der Waals surface area contributed by atoms with Crippen LogP contribution in [0.3, 0.4) is 0 Å². The van der Waals surface area contributed by atoms with Gasteiger partial charge in [0.15, 0.2) is 0 Å². The van der Waals surface area contributed by atoms with Crippen molar-refractivity contribution in [2.24, 2.45) is 0 Å². The number of aromatic nitrogens is 2. The molecule has 21 heavy (non-hydrogen) atoms. The van der Waals surface area contributed by atoms with Gasteiger partial charge in [-0.2, -0.15) is 0 Å². The Morgan fingerprint density at radius 1 is 1.43 bits per heavy atom. The van der Waals surface area contributed by atoms with Crippen LogP contribution in [0.15, 0.2) is 18.2 Å². The predicted octanol–water partition coefficient (Wildman–Crippen LogP) is 0.806. The lowest BCUT2D eigenvalue weighted by Crippen LogP contribution is -2.30. The predicted molar refractivity (Wildman–Crippen MR) is 76.3 cm³/mol. The number of nitrogens with zero attached hydrogens (tertiary/aromatic N) is 2. The topological polar surface area (TPSA) is 93.5 Å². The number of hydrogen-bond donors (Lipinski definition) is 2. The fraction of sp³-hybridized carbons (Fsp3) is 0.357. The van der Waals surface area contributed by atoms with Crippen molar-refractivity contribution in [3.05, 3.63) is 29.6 Å². The molecule has 2 N–H and O–H groups in total. The van der Waals surface area contributed by atoms with E-state index in [0.717, 1.165) is 0 Å². The molecule has 1 aromatic heterocycles. The third-order valence-electron chi connectivity index (χ3n) is 3.12. The minimum atomic E-state index is -1.04. The lowest BCUT2D eigenvalue weighted by molar-refractivity contribution is -0.121. The summed E-state index contributed by atoms with van der Waals surface area (Å²) in [5.74, 6) is -0.656. The van der Waals surface area contributed by atoms with Crippen LogP contribution in [0.4, 0.5) is 0 Å². The number of carboxylic acids is 1. The second-order valence-electron chi connectivity index (χ2n) is 4.57. The molecule has 0 saturated heterocycles. The SMILES string of the molecule is COCCNC(=O)Cn1c(C)nc2cccc(C(=O)O)c21. The summed E-state index contributed by atoms with van der Waals surface area (Å²) in [6.45, 7) is 2.60. The van der Waals surface area contributed by atoms with E-state index in [9.17, 15) is 14.7 Å². The van der Waals surface area contributed by atoms with Gasteiger partial charge in [-0.05, 0) is 19.1 Å². The van der Waals surface area contributed by atoms with Crippen molar-refractivity contribution >= 4 is 22.9 Å². The summed E-state index contributed by atoms with van der Waals surface area (Å²) in [4.78, 5) is 27.5. The quantitative estimate of drug-likeness (QED) is 0.768. The van der Waals surface area contributed by atoms with Gasteiger partial charge in [0.25, 0.3) is 0 Å². The average molecular weight is 291 g/mol. The Hall–Kier alpha value is -2.41. The number of methoxy groups -OCH3 is 1. The number of aromatic carboxylic acids is 1. The van der Waals surface area contributed by atoms with E-state index >= 15 is 0 Å². The number of imidazole rings is 1. The zero-order valence-electron chi connectivity index (χ0n) is 11.9. The van der Waals surface area contributed by atoms with Crippen molar-refractivity contribution in [1.82, 2.24) is 14.9 Å². The summed E-state index contributed by atoms with van der Waals surface area (Å²) in [6, 6.07) is 4.88. The maximum Gasteiger partial charge on any atom is 0.337 e. The number of nitrogens with one attached hydrogen (secondary N) is 1. The van der Waals surface area contributed by atoms with Crippen molar-refractivity contribution in [2.45, 2.75) is 13.5 Å². The largest absolute Gasteiger partial charge is 0.478 e. The summed E-state index contributed by atoms with van der Waals surface area (Å²) in [5, 5.41) is 12.0. The highest BCUT2D eigenvalue weighted by atomic mass is 16.5. The summed E-state index contributed by atoms with van der Waals surface area (Å²) >= 11 is 0. The molecule has 112 valence electrons. The minimum absolute atomic E-state index is 0.0241. The second-order valence-corrected chi connectivity index (χ2v) is 4.57. The first-order chi connectivity index (χ1) is 10.0. The Morgan fingerprint density at radius 3 is 2.86 bits per heavy atom. The number of carboxylic acid groups (broad SMARTS) is 1. The number of fused-ring (bicyclic) bond motifs is 1. The van der Waals surface area contributed by atoms with Crippen molar-refractivity contribution in [3.8, 4) is 0 Å². The summed E-state index contributed by atoms with van der Waals surface area (Å²) in [5.41, 5.74) is 1.17. The molecule has 1 aromatic carbocycles. The molecular formula is C14H17N3O4. The molecule has 0 aliphatic heterocycles. The number of ether oxygens (including phenoxy) is 1. The molecule has 2 rings (SSSR count). The Kier molecular flexibility index (Phi) is 4.54. The van der Waals surface area contributed by atoms with E-state index in [2.05, 4.69) is 10.3 Å². The summed E-state index contributed by atoms with van der Waals surface area (Å²) in [7, 11) is 1.55. The van der Waals surface area contributed by atoms with Gasteiger partial charge in [-0.25, -0.2) is 9.78 Å². The lowest BCUT2D eigenvalue weighted by Gasteiger charge is -2.09. The van der Waals surface area contributed by atoms with Gasteiger partial charge >= 0.3 is 5.97 Å². The zero-order valence-corrected chi connectivity index (χ0v) is 11.9. The summed E-state index contributed by atoms with van der Waals surface area (Å²) < 4.78 is 6.47. The maximum atomic E-state index is 11.9. The van der Waals surface area contributed by atoms with Crippen LogP contribution in [-0.2, 0) is 16.1 Å². The van der Waals surface area contributed by atoms with Crippen molar-refractivity contribution < 1.29 is 19.4 Å². The molecule has 0 fully saturated rings. The van der Waals surface area contributed by atoms with Crippen molar-refractivity contribution in [1.29, 1.82) is 0 Å². The lowest BCUT2D eigenvalue weighted by atomic mass is 10.2. The fourth-order valence-electron chi connectivity index (χ4n) is 2.16. The van der Waals surface area contributed by atoms with E-state index in [-0.39, 0.29) is 18.0 Å². The van der Waals surface area contributed by atoms with Gasteiger partial charge in [0.2, 0.25) is 5.91 Å². The van der Waals surface area contributed by atoms with Gasteiger partial charge in [-0.15, -0.1) is 0 Å². The van der Waals surface area contributed by atoms with E-state index in [1.807, 2.05) is 0 Å². The van der Waals surface area contributed by atoms with E-state index in [0.29, 0.717) is 30.0 Å². The van der Waals surface area contributed by atoms with Gasteiger partial charge in [0, 0.05) is 13.7 Å². The van der Waals surface area contributed by atoms with Gasteiger partial charge in [0.1, 0.15) is 12.4 Å². The van der Waals surface area contributed by atoms with Gasteiger partial charge in [-0.3, -0.25) is 4.79 Å². The van der Waals surface area contributed by atoms with Crippen LogP contribution in [0.1, 0.15) is 16.2 Å². The molecule has 7 heteroatoms.